The van der Waals surface area contributed by atoms with Crippen LogP contribution >= 0.6 is 24.0 Å². The van der Waals surface area contributed by atoms with Gasteiger partial charge in [-0.05, 0) is 29.7 Å². The number of aromatic nitrogens is 3. The van der Waals surface area contributed by atoms with Gasteiger partial charge in [-0.2, -0.15) is 0 Å². The quantitative estimate of drug-likeness (QED) is 0.281. The Balaban J connectivity index is 0.00000320. The third-order valence-electron chi connectivity index (χ3n) is 5.13. The molecule has 0 saturated carbocycles. The van der Waals surface area contributed by atoms with E-state index in [0.29, 0.717) is 6.54 Å². The Bertz CT molecular complexity index is 932. The van der Waals surface area contributed by atoms with Gasteiger partial charge in [0.1, 0.15) is 6.33 Å². The number of hydrogen-bond donors (Lipinski definition) is 2. The molecule has 0 amide bonds. The van der Waals surface area contributed by atoms with Crippen LogP contribution in [0.1, 0.15) is 37.7 Å². The largest absolute Gasteiger partial charge is 0.356 e. The zero-order chi connectivity index (χ0) is 20.7. The van der Waals surface area contributed by atoms with Crippen molar-refractivity contribution in [3.8, 4) is 5.69 Å². The van der Waals surface area contributed by atoms with Crippen molar-refractivity contribution in [1.82, 2.24) is 25.4 Å². The number of nitrogens with one attached hydrogen (secondary N) is 2. The molecule has 0 aliphatic heterocycles. The minimum atomic E-state index is -0.0199. The molecule has 0 radical (unpaired) electrons. The Kier molecular flexibility index (Phi) is 8.83. The molecule has 1 heterocycles. The molecule has 2 aromatic carbocycles. The van der Waals surface area contributed by atoms with Crippen LogP contribution < -0.4 is 10.6 Å². The average Bonchev–Trinajstić information content (AvgIpc) is 3.23. The molecule has 0 aliphatic rings. The van der Waals surface area contributed by atoms with Gasteiger partial charge in [0.2, 0.25) is 0 Å². The van der Waals surface area contributed by atoms with E-state index >= 15 is 0 Å². The molecule has 30 heavy (non-hydrogen) atoms. The number of nitrogens with zero attached hydrogens (tertiary/aromatic N) is 4. The van der Waals surface area contributed by atoms with E-state index in [2.05, 4.69) is 70.9 Å². The van der Waals surface area contributed by atoms with Gasteiger partial charge < -0.3 is 10.6 Å². The summed E-state index contributed by atoms with van der Waals surface area (Å²) >= 11 is 0. The third kappa shape index (κ3) is 6.04. The van der Waals surface area contributed by atoms with E-state index in [0.717, 1.165) is 30.4 Å². The van der Waals surface area contributed by atoms with E-state index in [-0.39, 0.29) is 29.4 Å². The molecule has 3 aromatic rings. The highest BCUT2D eigenvalue weighted by Crippen LogP contribution is 2.22. The summed E-state index contributed by atoms with van der Waals surface area (Å²) in [5, 5.41) is 15.1. The van der Waals surface area contributed by atoms with Crippen molar-refractivity contribution in [1.29, 1.82) is 0 Å². The van der Waals surface area contributed by atoms with Crippen LogP contribution in [0, 0.1) is 0 Å². The second-order valence-electron chi connectivity index (χ2n) is 7.67. The number of guanidine groups is 1. The van der Waals surface area contributed by atoms with E-state index in [1.165, 1.54) is 11.1 Å². The Hall–Kier alpha value is -2.42. The summed E-state index contributed by atoms with van der Waals surface area (Å²) in [5.74, 6) is 1.57. The van der Waals surface area contributed by atoms with Crippen LogP contribution in [0.25, 0.3) is 5.69 Å². The summed E-state index contributed by atoms with van der Waals surface area (Å²) < 4.78 is 1.97. The Morgan fingerprint density at radius 2 is 1.73 bits per heavy atom. The minimum Gasteiger partial charge on any atom is -0.356 e. The predicted octanol–water partition coefficient (Wildman–Crippen LogP) is 4.09. The summed E-state index contributed by atoms with van der Waals surface area (Å²) in [5.41, 5.74) is 3.68. The topological polar surface area (TPSA) is 67.1 Å². The van der Waals surface area contributed by atoms with E-state index in [9.17, 15) is 0 Å². The van der Waals surface area contributed by atoms with E-state index in [4.69, 9.17) is 0 Å². The lowest BCUT2D eigenvalue weighted by atomic mass is 9.84. The maximum Gasteiger partial charge on any atom is 0.191 e. The highest BCUT2D eigenvalue weighted by atomic mass is 127. The first-order valence-corrected chi connectivity index (χ1v) is 10.0. The lowest BCUT2D eigenvalue weighted by molar-refractivity contribution is 0.508. The van der Waals surface area contributed by atoms with Crippen LogP contribution in [-0.4, -0.2) is 34.3 Å². The molecule has 0 bridgehead atoms. The van der Waals surface area contributed by atoms with Crippen molar-refractivity contribution in [3.63, 3.8) is 0 Å². The normalized spacial score (nSPS) is 11.7. The van der Waals surface area contributed by atoms with Crippen LogP contribution in [0.5, 0.6) is 0 Å². The van der Waals surface area contributed by atoms with Crippen molar-refractivity contribution < 1.29 is 0 Å². The standard InChI is InChI=1S/C23H30N6.HI/c1-5-18-11-13-19(14-12-18)23(2,3)16-26-22(24-4)25-15-21-28-27-17-29(21)20-9-7-6-8-10-20;/h6-14,17H,5,15-16H2,1-4H3,(H2,24,25,26);1H. The molecule has 0 aliphatic carbocycles. The molecule has 2 N–H and O–H groups in total. The number of aliphatic imine (C=N–C) groups is 1. The van der Waals surface area contributed by atoms with Crippen LogP contribution in [0.15, 0.2) is 65.9 Å². The van der Waals surface area contributed by atoms with Gasteiger partial charge in [-0.15, -0.1) is 34.2 Å². The molecule has 1 aromatic heterocycles. The summed E-state index contributed by atoms with van der Waals surface area (Å²) in [4.78, 5) is 4.35. The van der Waals surface area contributed by atoms with Gasteiger partial charge in [-0.25, -0.2) is 0 Å². The van der Waals surface area contributed by atoms with Crippen molar-refractivity contribution >= 4 is 29.9 Å². The second kappa shape index (κ2) is 11.1. The first-order chi connectivity index (χ1) is 14.0. The third-order valence-corrected chi connectivity index (χ3v) is 5.13. The molecule has 3 rings (SSSR count). The fourth-order valence-corrected chi connectivity index (χ4v) is 3.17. The highest BCUT2D eigenvalue weighted by Gasteiger charge is 2.21. The van der Waals surface area contributed by atoms with Crippen molar-refractivity contribution in [2.24, 2.45) is 4.99 Å². The van der Waals surface area contributed by atoms with Crippen molar-refractivity contribution in [2.75, 3.05) is 13.6 Å². The van der Waals surface area contributed by atoms with Gasteiger partial charge in [0.25, 0.3) is 0 Å². The van der Waals surface area contributed by atoms with Gasteiger partial charge >= 0.3 is 0 Å². The summed E-state index contributed by atoms with van der Waals surface area (Å²) in [7, 11) is 1.78. The molecule has 160 valence electrons. The molecule has 6 nitrogen and oxygen atoms in total. The Morgan fingerprint density at radius 1 is 1.03 bits per heavy atom. The summed E-state index contributed by atoms with van der Waals surface area (Å²) in [6.45, 7) is 7.94. The number of para-hydroxylation sites is 1. The predicted molar refractivity (Wildman–Crippen MR) is 134 cm³/mol. The zero-order valence-corrected chi connectivity index (χ0v) is 20.4. The van der Waals surface area contributed by atoms with Crippen LogP contribution in [-0.2, 0) is 18.4 Å². The monoisotopic (exact) mass is 518 g/mol. The van der Waals surface area contributed by atoms with Crippen LogP contribution in [0.4, 0.5) is 0 Å². The Morgan fingerprint density at radius 3 is 2.37 bits per heavy atom. The molecular weight excluding hydrogens is 487 g/mol. The molecule has 0 saturated heterocycles. The number of aryl methyl sites for hydroxylation is 1. The highest BCUT2D eigenvalue weighted by molar-refractivity contribution is 14.0. The fraction of sp³-hybridized carbons (Fsp3) is 0.348. The summed E-state index contributed by atoms with van der Waals surface area (Å²) in [6, 6.07) is 18.9. The van der Waals surface area contributed by atoms with Crippen LogP contribution in [0.2, 0.25) is 0 Å². The first kappa shape index (κ1) is 23.9. The number of benzene rings is 2. The SMILES string of the molecule is CCc1ccc(C(C)(C)CNC(=NC)NCc2nncn2-c2ccccc2)cc1.I. The molecular formula is C23H31IN6. The van der Waals surface area contributed by atoms with Gasteiger partial charge in [0.05, 0.1) is 6.54 Å². The second-order valence-corrected chi connectivity index (χ2v) is 7.67. The van der Waals surface area contributed by atoms with Crippen LogP contribution in [0.3, 0.4) is 0 Å². The smallest absolute Gasteiger partial charge is 0.191 e. The maximum absolute atomic E-state index is 4.35. The van der Waals surface area contributed by atoms with Crippen molar-refractivity contribution in [3.05, 3.63) is 77.9 Å². The van der Waals surface area contributed by atoms with Gasteiger partial charge in [0.15, 0.2) is 11.8 Å². The molecule has 0 spiro atoms. The molecule has 0 unspecified atom stereocenters. The minimum absolute atomic E-state index is 0. The maximum atomic E-state index is 4.35. The summed E-state index contributed by atoms with van der Waals surface area (Å²) in [6.07, 6.45) is 2.79. The average molecular weight is 518 g/mol. The van der Waals surface area contributed by atoms with Gasteiger partial charge in [-0.1, -0.05) is 63.2 Å². The van der Waals surface area contributed by atoms with E-state index in [1.54, 1.807) is 13.4 Å². The lowest BCUT2D eigenvalue weighted by Crippen LogP contribution is -2.43. The number of hydrogen-bond acceptors (Lipinski definition) is 3. The fourth-order valence-electron chi connectivity index (χ4n) is 3.17. The number of halogens is 1. The van der Waals surface area contributed by atoms with E-state index < -0.39 is 0 Å². The number of rotatable bonds is 7. The lowest BCUT2D eigenvalue weighted by Gasteiger charge is -2.27. The van der Waals surface area contributed by atoms with Crippen molar-refractivity contribution in [2.45, 2.75) is 39.2 Å². The molecule has 7 heteroatoms. The molecule has 0 fully saturated rings. The van der Waals surface area contributed by atoms with E-state index in [1.807, 2.05) is 34.9 Å². The Labute approximate surface area is 196 Å². The zero-order valence-electron chi connectivity index (χ0n) is 18.1. The first-order valence-electron chi connectivity index (χ1n) is 10.0. The molecule has 0 atom stereocenters. The van der Waals surface area contributed by atoms with Gasteiger partial charge in [0, 0.05) is 24.7 Å². The van der Waals surface area contributed by atoms with Gasteiger partial charge in [-0.3, -0.25) is 9.56 Å².